The molecule has 0 spiro atoms. The topological polar surface area (TPSA) is 48.0 Å². The van der Waals surface area contributed by atoms with Gasteiger partial charge in [-0.25, -0.2) is 0 Å². The van der Waals surface area contributed by atoms with Crippen LogP contribution in [-0.4, -0.2) is 51.1 Å². The molecule has 5 heteroatoms. The van der Waals surface area contributed by atoms with Crippen LogP contribution >= 0.6 is 0 Å². The molecule has 3 rings (SSSR count). The highest BCUT2D eigenvalue weighted by molar-refractivity contribution is 6.15. The van der Waals surface area contributed by atoms with E-state index in [1.165, 1.54) is 0 Å². The number of methoxy groups -OCH3 is 3. The van der Waals surface area contributed by atoms with Crippen molar-refractivity contribution in [2.45, 2.75) is 26.8 Å². The summed E-state index contributed by atoms with van der Waals surface area (Å²) in [5, 5.41) is 0. The molecule has 31 heavy (non-hydrogen) atoms. The average molecular weight is 422 g/mol. The second-order valence-corrected chi connectivity index (χ2v) is 7.93. The van der Waals surface area contributed by atoms with Crippen molar-refractivity contribution in [2.75, 3.05) is 34.4 Å². The number of nitrogens with zero attached hydrogens (tertiary/aromatic N) is 1. The molecular formula is C26H31NO4. The van der Waals surface area contributed by atoms with Gasteiger partial charge in [0.2, 0.25) is 0 Å². The summed E-state index contributed by atoms with van der Waals surface area (Å²) >= 11 is 0. The number of hydrogen-bond donors (Lipinski definition) is 0. The van der Waals surface area contributed by atoms with E-state index in [1.54, 1.807) is 21.3 Å². The lowest BCUT2D eigenvalue weighted by molar-refractivity contribution is -0.113. The highest BCUT2D eigenvalue weighted by Gasteiger charge is 2.28. The highest BCUT2D eigenvalue weighted by atomic mass is 16.5. The summed E-state index contributed by atoms with van der Waals surface area (Å²) < 4.78 is 16.6. The van der Waals surface area contributed by atoms with E-state index in [4.69, 9.17) is 14.2 Å². The average Bonchev–Trinajstić information content (AvgIpc) is 2.77. The van der Waals surface area contributed by atoms with Gasteiger partial charge >= 0.3 is 0 Å². The molecule has 164 valence electrons. The molecule has 0 saturated carbocycles. The van der Waals surface area contributed by atoms with Gasteiger partial charge in [-0.1, -0.05) is 18.2 Å². The fraction of sp³-hybridized carbons (Fsp3) is 0.346. The molecule has 0 N–H and O–H groups in total. The van der Waals surface area contributed by atoms with Gasteiger partial charge in [-0.15, -0.1) is 0 Å². The molecule has 1 fully saturated rings. The number of ketones is 1. The van der Waals surface area contributed by atoms with Gasteiger partial charge in [0.05, 0.1) is 26.9 Å². The lowest BCUT2D eigenvalue weighted by atomic mass is 9.92. The van der Waals surface area contributed by atoms with Gasteiger partial charge in [-0.05, 0) is 56.7 Å². The maximum Gasteiger partial charge on any atom is 0.187 e. The molecule has 2 aromatic rings. The van der Waals surface area contributed by atoms with Crippen LogP contribution in [0.4, 0.5) is 0 Å². The van der Waals surface area contributed by atoms with E-state index in [-0.39, 0.29) is 5.78 Å². The monoisotopic (exact) mass is 421 g/mol. The summed E-state index contributed by atoms with van der Waals surface area (Å²) in [6.07, 6.45) is 3.87. The molecule has 0 atom stereocenters. The van der Waals surface area contributed by atoms with Crippen LogP contribution < -0.4 is 14.2 Å². The first kappa shape index (κ1) is 22.6. The Bertz CT molecular complexity index is 998. The van der Waals surface area contributed by atoms with Gasteiger partial charge in [0.1, 0.15) is 17.2 Å². The van der Waals surface area contributed by atoms with Gasteiger partial charge in [0.15, 0.2) is 5.78 Å². The second-order valence-electron chi connectivity index (χ2n) is 7.93. The molecule has 0 aliphatic carbocycles. The summed E-state index contributed by atoms with van der Waals surface area (Å²) in [5.74, 6) is 2.15. The molecule has 0 radical (unpaired) electrons. The van der Waals surface area contributed by atoms with E-state index in [9.17, 15) is 4.79 Å². The lowest BCUT2D eigenvalue weighted by Gasteiger charge is -2.33. The van der Waals surface area contributed by atoms with Crippen LogP contribution in [0.3, 0.4) is 0 Å². The van der Waals surface area contributed by atoms with Crippen LogP contribution in [0.2, 0.25) is 0 Å². The molecule has 0 unspecified atom stereocenters. The number of carbonyl (C=O) groups excluding carboxylic acids is 1. The number of benzene rings is 2. The molecule has 5 nitrogen and oxygen atoms in total. The summed E-state index contributed by atoms with van der Waals surface area (Å²) in [5.41, 5.74) is 4.23. The first-order valence-electron chi connectivity index (χ1n) is 10.4. The highest BCUT2D eigenvalue weighted by Crippen LogP contribution is 2.33. The summed E-state index contributed by atoms with van der Waals surface area (Å²) in [6, 6.07) is 11.8. The Balaban J connectivity index is 2.12. The molecule has 0 amide bonds. The number of Topliss-reactive ketones (excluding diaryl/α,β-unsaturated/α-hetero) is 1. The van der Waals surface area contributed by atoms with Crippen molar-refractivity contribution in [1.82, 2.24) is 4.90 Å². The summed E-state index contributed by atoms with van der Waals surface area (Å²) in [6.45, 7) is 7.47. The van der Waals surface area contributed by atoms with E-state index in [2.05, 4.69) is 18.7 Å². The minimum atomic E-state index is 0.0372. The Hall–Kier alpha value is -3.05. The molecule has 1 aliphatic rings. The molecule has 1 heterocycles. The normalized spacial score (nSPS) is 17.5. The van der Waals surface area contributed by atoms with Crippen molar-refractivity contribution in [2.24, 2.45) is 0 Å². The zero-order valence-corrected chi connectivity index (χ0v) is 19.2. The number of aryl methyl sites for hydroxylation is 1. The Morgan fingerprint density at radius 2 is 1.26 bits per heavy atom. The second kappa shape index (κ2) is 9.84. The Labute approximate surface area is 184 Å². The Morgan fingerprint density at radius 3 is 1.74 bits per heavy atom. The van der Waals surface area contributed by atoms with Crippen LogP contribution in [0.1, 0.15) is 30.5 Å². The maximum absolute atomic E-state index is 13.5. The zero-order valence-electron chi connectivity index (χ0n) is 19.2. The summed E-state index contributed by atoms with van der Waals surface area (Å²) in [7, 11) is 4.89. The predicted molar refractivity (Wildman–Crippen MR) is 125 cm³/mol. The van der Waals surface area contributed by atoms with E-state index in [0.717, 1.165) is 28.0 Å². The Kier molecular flexibility index (Phi) is 7.18. The third-order valence-corrected chi connectivity index (χ3v) is 5.67. The van der Waals surface area contributed by atoms with Crippen molar-refractivity contribution in [3.8, 4) is 17.2 Å². The van der Waals surface area contributed by atoms with E-state index in [0.29, 0.717) is 36.2 Å². The van der Waals surface area contributed by atoms with Gasteiger partial charge in [0, 0.05) is 35.8 Å². The van der Waals surface area contributed by atoms with Crippen LogP contribution in [0.5, 0.6) is 17.2 Å². The van der Waals surface area contributed by atoms with Crippen molar-refractivity contribution in [1.29, 1.82) is 0 Å². The third-order valence-electron chi connectivity index (χ3n) is 5.67. The molecule has 1 saturated heterocycles. The van der Waals surface area contributed by atoms with Crippen LogP contribution in [0.15, 0.2) is 47.5 Å². The molecule has 0 bridgehead atoms. The molecule has 2 aromatic carbocycles. The van der Waals surface area contributed by atoms with Gasteiger partial charge in [0.25, 0.3) is 0 Å². The molecule has 0 aromatic heterocycles. The van der Waals surface area contributed by atoms with E-state index < -0.39 is 0 Å². The first-order chi connectivity index (χ1) is 14.9. The zero-order chi connectivity index (χ0) is 22.5. The molecular weight excluding hydrogens is 390 g/mol. The lowest BCUT2D eigenvalue weighted by Crippen LogP contribution is -2.41. The first-order valence-corrected chi connectivity index (χ1v) is 10.4. The van der Waals surface area contributed by atoms with Crippen LogP contribution in [0, 0.1) is 6.92 Å². The Morgan fingerprint density at radius 1 is 0.806 bits per heavy atom. The minimum absolute atomic E-state index is 0.0372. The van der Waals surface area contributed by atoms with Crippen LogP contribution in [0.25, 0.3) is 12.2 Å². The number of carbonyl (C=O) groups is 1. The number of hydrogen-bond acceptors (Lipinski definition) is 5. The van der Waals surface area contributed by atoms with Crippen molar-refractivity contribution in [3.63, 3.8) is 0 Å². The smallest absolute Gasteiger partial charge is 0.187 e. The number of ether oxygens (including phenoxy) is 3. The van der Waals surface area contributed by atoms with Crippen molar-refractivity contribution < 1.29 is 19.0 Å². The fourth-order valence-corrected chi connectivity index (χ4v) is 3.82. The van der Waals surface area contributed by atoms with Crippen molar-refractivity contribution in [3.05, 3.63) is 64.2 Å². The quantitative estimate of drug-likeness (QED) is 0.628. The third kappa shape index (κ3) is 4.83. The van der Waals surface area contributed by atoms with E-state index >= 15 is 0 Å². The van der Waals surface area contributed by atoms with Crippen molar-refractivity contribution >= 4 is 17.9 Å². The summed E-state index contributed by atoms with van der Waals surface area (Å²) in [4.78, 5) is 15.8. The predicted octanol–water partition coefficient (Wildman–Crippen LogP) is 4.78. The largest absolute Gasteiger partial charge is 0.496 e. The minimum Gasteiger partial charge on any atom is -0.496 e. The van der Waals surface area contributed by atoms with Crippen LogP contribution in [-0.2, 0) is 4.79 Å². The number of rotatable bonds is 6. The SMILES string of the molecule is COc1cccc(C)c1/C=C1\CN(C(C)C)C/C(=C\c2c(OC)cccc2OC)C1=O. The van der Waals surface area contributed by atoms with Gasteiger partial charge in [-0.3, -0.25) is 9.69 Å². The van der Waals surface area contributed by atoms with Gasteiger partial charge < -0.3 is 14.2 Å². The number of likely N-dealkylation sites (tertiary alicyclic amines) is 1. The maximum atomic E-state index is 13.5. The molecule has 1 aliphatic heterocycles. The standard InChI is InChI=1S/C26H31NO4/c1-17(2)27-15-19(13-21-18(3)9-7-10-23(21)29-4)26(28)20(16-27)14-22-24(30-5)11-8-12-25(22)31-6/h7-14,17H,15-16H2,1-6H3/b19-13+,20-14+. The number of piperidine rings is 1. The fourth-order valence-electron chi connectivity index (χ4n) is 3.82. The van der Waals surface area contributed by atoms with Gasteiger partial charge in [-0.2, -0.15) is 0 Å². The van der Waals surface area contributed by atoms with E-state index in [1.807, 2.05) is 55.5 Å².